The van der Waals surface area contributed by atoms with Crippen molar-refractivity contribution in [3.05, 3.63) is 40.4 Å². The minimum atomic E-state index is -0.202. The third-order valence-electron chi connectivity index (χ3n) is 2.63. The highest BCUT2D eigenvalue weighted by Crippen LogP contribution is 2.11. The lowest BCUT2D eigenvalue weighted by Crippen LogP contribution is -2.40. The van der Waals surface area contributed by atoms with E-state index in [0.717, 1.165) is 10.0 Å². The topological polar surface area (TPSA) is 49.3 Å². The van der Waals surface area contributed by atoms with Crippen LogP contribution in [-0.2, 0) is 4.79 Å². The number of aliphatic hydroxyl groups is 1. The zero-order valence-corrected chi connectivity index (χ0v) is 12.1. The fourth-order valence-corrected chi connectivity index (χ4v) is 1.66. The van der Waals surface area contributed by atoms with Crippen molar-refractivity contribution in [3.8, 4) is 0 Å². The minimum absolute atomic E-state index is 0.0461. The second-order valence-corrected chi connectivity index (χ2v) is 5.34. The molecule has 0 fully saturated rings. The molecule has 1 rings (SSSR count). The van der Waals surface area contributed by atoms with E-state index in [1.807, 2.05) is 38.1 Å². The van der Waals surface area contributed by atoms with Gasteiger partial charge < -0.3 is 10.4 Å². The number of amides is 1. The molecule has 0 aliphatic carbocycles. The van der Waals surface area contributed by atoms with Gasteiger partial charge in [-0.25, -0.2) is 0 Å². The fraction of sp³-hybridized carbons (Fsp3) is 0.357. The van der Waals surface area contributed by atoms with Crippen molar-refractivity contribution in [1.82, 2.24) is 5.32 Å². The molecule has 1 atom stereocenters. The second-order valence-electron chi connectivity index (χ2n) is 4.43. The first-order valence-corrected chi connectivity index (χ1v) is 6.67. The molecule has 3 nitrogen and oxygen atoms in total. The summed E-state index contributed by atoms with van der Waals surface area (Å²) in [7, 11) is 0. The van der Waals surface area contributed by atoms with Gasteiger partial charge in [0.25, 0.3) is 0 Å². The van der Waals surface area contributed by atoms with Crippen LogP contribution in [0.3, 0.4) is 0 Å². The first-order valence-electron chi connectivity index (χ1n) is 5.88. The van der Waals surface area contributed by atoms with Crippen LogP contribution in [0.5, 0.6) is 0 Å². The van der Waals surface area contributed by atoms with Gasteiger partial charge in [0.1, 0.15) is 0 Å². The van der Waals surface area contributed by atoms with E-state index in [1.165, 1.54) is 6.08 Å². The molecule has 0 heterocycles. The molecule has 1 unspecified atom stereocenters. The van der Waals surface area contributed by atoms with Crippen molar-refractivity contribution < 1.29 is 9.90 Å². The predicted molar refractivity (Wildman–Crippen MR) is 77.0 cm³/mol. The van der Waals surface area contributed by atoms with Crippen molar-refractivity contribution >= 4 is 27.9 Å². The van der Waals surface area contributed by atoms with Gasteiger partial charge in [-0.1, -0.05) is 41.9 Å². The van der Waals surface area contributed by atoms with E-state index in [1.54, 1.807) is 6.08 Å². The van der Waals surface area contributed by atoms with Gasteiger partial charge in [0.2, 0.25) is 5.91 Å². The molecule has 18 heavy (non-hydrogen) atoms. The van der Waals surface area contributed by atoms with Crippen LogP contribution in [0, 0.1) is 5.92 Å². The first kappa shape index (κ1) is 14.9. The Hall–Kier alpha value is -1.13. The summed E-state index contributed by atoms with van der Waals surface area (Å²) < 4.78 is 1.00. The largest absolute Gasteiger partial charge is 0.394 e. The van der Waals surface area contributed by atoms with Crippen LogP contribution in [0.25, 0.3) is 6.08 Å². The molecule has 98 valence electrons. The van der Waals surface area contributed by atoms with Crippen LogP contribution < -0.4 is 5.32 Å². The zero-order valence-electron chi connectivity index (χ0n) is 10.6. The highest BCUT2D eigenvalue weighted by Gasteiger charge is 2.12. The van der Waals surface area contributed by atoms with Gasteiger partial charge in [-0.2, -0.15) is 0 Å². The summed E-state index contributed by atoms with van der Waals surface area (Å²) in [6.45, 7) is 3.87. The number of nitrogens with one attached hydrogen (secondary N) is 1. The van der Waals surface area contributed by atoms with Crippen molar-refractivity contribution in [1.29, 1.82) is 0 Å². The van der Waals surface area contributed by atoms with Gasteiger partial charge in [0.15, 0.2) is 0 Å². The fourth-order valence-electron chi connectivity index (χ4n) is 1.40. The van der Waals surface area contributed by atoms with E-state index in [4.69, 9.17) is 5.11 Å². The first-order chi connectivity index (χ1) is 8.52. The minimum Gasteiger partial charge on any atom is -0.394 e. The lowest BCUT2D eigenvalue weighted by Gasteiger charge is -2.18. The molecule has 0 aliphatic rings. The van der Waals surface area contributed by atoms with Crippen molar-refractivity contribution in [2.45, 2.75) is 19.9 Å². The van der Waals surface area contributed by atoms with Crippen LogP contribution >= 0.6 is 15.9 Å². The van der Waals surface area contributed by atoms with Gasteiger partial charge in [-0.15, -0.1) is 0 Å². The Morgan fingerprint density at radius 1 is 1.39 bits per heavy atom. The molecular weight excluding hydrogens is 294 g/mol. The molecule has 0 bridgehead atoms. The molecule has 0 saturated carbocycles. The maximum Gasteiger partial charge on any atom is 0.244 e. The van der Waals surface area contributed by atoms with Crippen LogP contribution in [0.1, 0.15) is 19.4 Å². The number of carbonyl (C=O) groups is 1. The second kappa shape index (κ2) is 7.34. The van der Waals surface area contributed by atoms with E-state index >= 15 is 0 Å². The lowest BCUT2D eigenvalue weighted by molar-refractivity contribution is -0.117. The third-order valence-corrected chi connectivity index (χ3v) is 3.15. The maximum absolute atomic E-state index is 11.6. The molecule has 1 aromatic rings. The monoisotopic (exact) mass is 311 g/mol. The summed E-state index contributed by atoms with van der Waals surface area (Å²) in [5.74, 6) is 0.0192. The number of aliphatic hydroxyl groups excluding tert-OH is 1. The SMILES string of the molecule is CC(C)C(CO)NC(=O)C=Cc1ccc(Br)cc1. The molecule has 2 N–H and O–H groups in total. The summed E-state index contributed by atoms with van der Waals surface area (Å²) in [5, 5.41) is 11.9. The van der Waals surface area contributed by atoms with Crippen LogP contribution in [0.4, 0.5) is 0 Å². The Balaban J connectivity index is 2.56. The molecule has 0 aliphatic heterocycles. The average molecular weight is 312 g/mol. The summed E-state index contributed by atoms with van der Waals surface area (Å²) >= 11 is 3.35. The van der Waals surface area contributed by atoms with Crippen LogP contribution in [0.2, 0.25) is 0 Å². The quantitative estimate of drug-likeness (QED) is 0.821. The van der Waals surface area contributed by atoms with E-state index in [9.17, 15) is 4.79 Å². The standard InChI is InChI=1S/C14H18BrNO2/c1-10(2)13(9-17)16-14(18)8-5-11-3-6-12(15)7-4-11/h3-8,10,13,17H,9H2,1-2H3,(H,16,18). The van der Waals surface area contributed by atoms with Crippen molar-refractivity contribution in [2.24, 2.45) is 5.92 Å². The number of carbonyl (C=O) groups excluding carboxylic acids is 1. The van der Waals surface area contributed by atoms with Gasteiger partial charge in [-0.3, -0.25) is 4.79 Å². The van der Waals surface area contributed by atoms with Gasteiger partial charge >= 0.3 is 0 Å². The Bertz CT molecular complexity index is 412. The Labute approximate surface area is 116 Å². The number of benzene rings is 1. The van der Waals surface area contributed by atoms with Crippen molar-refractivity contribution in [2.75, 3.05) is 6.61 Å². The van der Waals surface area contributed by atoms with E-state index in [-0.39, 0.29) is 24.5 Å². The molecule has 4 heteroatoms. The highest BCUT2D eigenvalue weighted by atomic mass is 79.9. The number of halogens is 1. The number of rotatable bonds is 5. The zero-order chi connectivity index (χ0) is 13.5. The van der Waals surface area contributed by atoms with Crippen LogP contribution in [-0.4, -0.2) is 23.7 Å². The normalized spacial score (nSPS) is 12.9. The molecule has 1 amide bonds. The molecule has 0 radical (unpaired) electrons. The predicted octanol–water partition coefficient (Wildman–Crippen LogP) is 2.60. The van der Waals surface area contributed by atoms with Crippen molar-refractivity contribution in [3.63, 3.8) is 0 Å². The Morgan fingerprint density at radius 3 is 2.50 bits per heavy atom. The summed E-state index contributed by atoms with van der Waals surface area (Å²) in [6.07, 6.45) is 3.23. The lowest BCUT2D eigenvalue weighted by atomic mass is 10.1. The third kappa shape index (κ3) is 5.02. The summed E-state index contributed by atoms with van der Waals surface area (Å²) in [4.78, 5) is 11.6. The van der Waals surface area contributed by atoms with Gasteiger partial charge in [0, 0.05) is 10.5 Å². The molecule has 1 aromatic carbocycles. The summed E-state index contributed by atoms with van der Waals surface area (Å²) in [5.41, 5.74) is 0.957. The summed E-state index contributed by atoms with van der Waals surface area (Å²) in [6, 6.07) is 7.47. The smallest absolute Gasteiger partial charge is 0.244 e. The van der Waals surface area contributed by atoms with Gasteiger partial charge in [0.05, 0.1) is 12.6 Å². The number of hydrogen-bond donors (Lipinski definition) is 2. The van der Waals surface area contributed by atoms with E-state index < -0.39 is 0 Å². The maximum atomic E-state index is 11.6. The molecular formula is C14H18BrNO2. The Kier molecular flexibility index (Phi) is 6.09. The molecule has 0 saturated heterocycles. The molecule has 0 aromatic heterocycles. The Morgan fingerprint density at radius 2 is 2.00 bits per heavy atom. The molecule has 0 spiro atoms. The average Bonchev–Trinajstić information content (AvgIpc) is 2.35. The van der Waals surface area contributed by atoms with Crippen LogP contribution in [0.15, 0.2) is 34.8 Å². The van der Waals surface area contributed by atoms with E-state index in [2.05, 4.69) is 21.2 Å². The number of hydrogen-bond acceptors (Lipinski definition) is 2. The van der Waals surface area contributed by atoms with E-state index in [0.29, 0.717) is 0 Å². The van der Waals surface area contributed by atoms with Gasteiger partial charge in [-0.05, 0) is 29.7 Å². The highest BCUT2D eigenvalue weighted by molar-refractivity contribution is 9.10.